The molecule has 0 aliphatic rings. The van der Waals surface area contributed by atoms with Crippen molar-refractivity contribution in [3.05, 3.63) is 46.8 Å². The third-order valence-electron chi connectivity index (χ3n) is 2.84. The summed E-state index contributed by atoms with van der Waals surface area (Å²) in [7, 11) is 0. The van der Waals surface area contributed by atoms with E-state index in [0.29, 0.717) is 0 Å². The molecule has 0 atom stereocenters. The van der Waals surface area contributed by atoms with Gasteiger partial charge in [0.25, 0.3) is 11.8 Å². The van der Waals surface area contributed by atoms with Gasteiger partial charge in [0.05, 0.1) is 11.1 Å². The molecule has 1 aromatic carbocycles. The smallest absolute Gasteiger partial charge is 0.452 e. The molecular formula is C15H11F3N2O5S. The zero-order chi connectivity index (χ0) is 19.3. The number of thiophene rings is 1. The Morgan fingerprint density at radius 3 is 2.35 bits per heavy atom. The van der Waals surface area contributed by atoms with Gasteiger partial charge < -0.3 is 20.5 Å². The second kappa shape index (κ2) is 7.87. The van der Waals surface area contributed by atoms with Gasteiger partial charge in [0.2, 0.25) is 0 Å². The van der Waals surface area contributed by atoms with Crippen LogP contribution in [-0.4, -0.2) is 30.8 Å². The fraction of sp³-hybridized carbons (Fsp3) is 0.133. The van der Waals surface area contributed by atoms with Crippen molar-refractivity contribution in [3.63, 3.8) is 0 Å². The number of amides is 2. The summed E-state index contributed by atoms with van der Waals surface area (Å²) < 4.78 is 44.6. The van der Waals surface area contributed by atoms with Crippen LogP contribution in [-0.2, 0) is 9.53 Å². The molecule has 0 aliphatic carbocycles. The van der Waals surface area contributed by atoms with Crippen molar-refractivity contribution in [2.75, 3.05) is 11.9 Å². The third kappa shape index (κ3) is 5.48. The topological polar surface area (TPSA) is 108 Å². The number of anilines is 1. The molecule has 3 N–H and O–H groups in total. The summed E-state index contributed by atoms with van der Waals surface area (Å²) in [6.45, 7) is -0.657. The lowest BCUT2D eigenvalue weighted by Crippen LogP contribution is -2.22. The van der Waals surface area contributed by atoms with Gasteiger partial charge in [0.1, 0.15) is 10.8 Å². The van der Waals surface area contributed by atoms with Crippen LogP contribution >= 0.6 is 11.3 Å². The maximum absolute atomic E-state index is 12.1. The Hall–Kier alpha value is -3.08. The summed E-state index contributed by atoms with van der Waals surface area (Å²) >= 11 is 1.06. The van der Waals surface area contributed by atoms with Gasteiger partial charge >= 0.3 is 12.3 Å². The van der Waals surface area contributed by atoms with Crippen LogP contribution in [0.3, 0.4) is 0 Å². The highest BCUT2D eigenvalue weighted by Gasteiger charge is 2.31. The molecular weight excluding hydrogens is 377 g/mol. The molecule has 1 heterocycles. The van der Waals surface area contributed by atoms with Crippen molar-refractivity contribution in [3.8, 4) is 5.75 Å². The van der Waals surface area contributed by atoms with Crippen LogP contribution in [0.4, 0.5) is 18.2 Å². The molecule has 0 spiro atoms. The second-order valence-corrected chi connectivity index (χ2v) is 5.64. The van der Waals surface area contributed by atoms with E-state index in [9.17, 15) is 27.6 Å². The number of alkyl halides is 3. The summed E-state index contributed by atoms with van der Waals surface area (Å²) in [5.41, 5.74) is 5.19. The summed E-state index contributed by atoms with van der Waals surface area (Å²) in [5.74, 6) is -2.84. The Labute approximate surface area is 148 Å². The first-order chi connectivity index (χ1) is 12.2. The highest BCUT2D eigenvalue weighted by Crippen LogP contribution is 2.23. The second-order valence-electron chi connectivity index (χ2n) is 4.72. The number of benzene rings is 1. The Bertz CT molecular complexity index is 817. The number of ether oxygens (including phenoxy) is 2. The van der Waals surface area contributed by atoms with E-state index in [2.05, 4.69) is 10.1 Å². The SMILES string of the molecule is NC(=O)c1ccsc1NC(=O)COC(=O)c1ccc(OC(F)(F)F)cc1. The lowest BCUT2D eigenvalue weighted by atomic mass is 10.2. The zero-order valence-electron chi connectivity index (χ0n) is 12.8. The quantitative estimate of drug-likeness (QED) is 0.740. The molecule has 0 saturated heterocycles. The Balaban J connectivity index is 1.88. The highest BCUT2D eigenvalue weighted by atomic mass is 32.1. The highest BCUT2D eigenvalue weighted by molar-refractivity contribution is 7.14. The molecule has 11 heteroatoms. The van der Waals surface area contributed by atoms with Crippen LogP contribution < -0.4 is 15.8 Å². The maximum atomic E-state index is 12.1. The van der Waals surface area contributed by atoms with Crippen molar-refractivity contribution >= 4 is 34.1 Å². The number of carbonyl (C=O) groups is 3. The predicted molar refractivity (Wildman–Crippen MR) is 84.9 cm³/mol. The number of carbonyl (C=O) groups excluding carboxylic acids is 3. The van der Waals surface area contributed by atoms with E-state index in [1.807, 2.05) is 0 Å². The first-order valence-electron chi connectivity index (χ1n) is 6.86. The molecule has 0 fully saturated rings. The molecule has 7 nitrogen and oxygen atoms in total. The van der Waals surface area contributed by atoms with E-state index < -0.39 is 36.5 Å². The van der Waals surface area contributed by atoms with E-state index in [0.717, 1.165) is 35.6 Å². The van der Waals surface area contributed by atoms with E-state index in [4.69, 9.17) is 10.5 Å². The number of rotatable bonds is 6. The van der Waals surface area contributed by atoms with Gasteiger partial charge in [0, 0.05) is 0 Å². The number of esters is 1. The fourth-order valence-corrected chi connectivity index (χ4v) is 2.58. The molecule has 0 unspecified atom stereocenters. The third-order valence-corrected chi connectivity index (χ3v) is 3.67. The van der Waals surface area contributed by atoms with Gasteiger partial charge in [-0.1, -0.05) is 0 Å². The monoisotopic (exact) mass is 388 g/mol. The van der Waals surface area contributed by atoms with Gasteiger partial charge in [-0.2, -0.15) is 0 Å². The minimum absolute atomic E-state index is 0.0683. The van der Waals surface area contributed by atoms with E-state index >= 15 is 0 Å². The van der Waals surface area contributed by atoms with Gasteiger partial charge in [0.15, 0.2) is 6.61 Å². The standard InChI is InChI=1S/C15H11F3N2O5S/c16-15(17,18)25-9-3-1-8(2-4-9)14(23)24-7-11(21)20-13-10(12(19)22)5-6-26-13/h1-6H,7H2,(H2,19,22)(H,20,21). The number of hydrogen-bond donors (Lipinski definition) is 2. The summed E-state index contributed by atoms with van der Waals surface area (Å²) in [5, 5.41) is 4.13. The normalized spacial score (nSPS) is 10.9. The van der Waals surface area contributed by atoms with Crippen LogP contribution in [0.1, 0.15) is 20.7 Å². The van der Waals surface area contributed by atoms with E-state index in [1.165, 1.54) is 6.07 Å². The van der Waals surface area contributed by atoms with Gasteiger partial charge in [-0.3, -0.25) is 9.59 Å². The minimum atomic E-state index is -4.84. The number of halogens is 3. The van der Waals surface area contributed by atoms with Crippen LogP contribution in [0.15, 0.2) is 35.7 Å². The Kier molecular flexibility index (Phi) is 5.82. The summed E-state index contributed by atoms with van der Waals surface area (Å²) in [4.78, 5) is 34.7. The Morgan fingerprint density at radius 2 is 1.77 bits per heavy atom. The van der Waals surface area contributed by atoms with Gasteiger partial charge in [-0.15, -0.1) is 24.5 Å². The molecule has 138 valence electrons. The van der Waals surface area contributed by atoms with Crippen molar-refractivity contribution in [1.29, 1.82) is 0 Å². The maximum Gasteiger partial charge on any atom is 0.573 e. The lowest BCUT2D eigenvalue weighted by Gasteiger charge is -2.09. The van der Waals surface area contributed by atoms with Crippen LogP contribution in [0.2, 0.25) is 0 Å². The number of hydrogen-bond acceptors (Lipinski definition) is 6. The average molecular weight is 388 g/mol. The largest absolute Gasteiger partial charge is 0.573 e. The molecule has 0 bridgehead atoms. The lowest BCUT2D eigenvalue weighted by molar-refractivity contribution is -0.274. The Morgan fingerprint density at radius 1 is 1.12 bits per heavy atom. The average Bonchev–Trinajstić information content (AvgIpc) is 3.00. The van der Waals surface area contributed by atoms with Crippen molar-refractivity contribution < 1.29 is 37.0 Å². The minimum Gasteiger partial charge on any atom is -0.452 e. The molecule has 1 aromatic heterocycles. The van der Waals surface area contributed by atoms with Crippen molar-refractivity contribution in [2.24, 2.45) is 5.73 Å². The molecule has 2 aromatic rings. The van der Waals surface area contributed by atoms with Crippen LogP contribution in [0.5, 0.6) is 5.75 Å². The van der Waals surface area contributed by atoms with Gasteiger partial charge in [-0.25, -0.2) is 4.79 Å². The van der Waals surface area contributed by atoms with Crippen LogP contribution in [0.25, 0.3) is 0 Å². The molecule has 2 rings (SSSR count). The predicted octanol–water partition coefficient (Wildman–Crippen LogP) is 2.54. The van der Waals surface area contributed by atoms with Crippen molar-refractivity contribution in [2.45, 2.75) is 6.36 Å². The molecule has 0 aliphatic heterocycles. The molecule has 26 heavy (non-hydrogen) atoms. The fourth-order valence-electron chi connectivity index (χ4n) is 1.77. The first-order valence-corrected chi connectivity index (χ1v) is 7.74. The molecule has 0 saturated carbocycles. The zero-order valence-corrected chi connectivity index (χ0v) is 13.6. The molecule has 0 radical (unpaired) electrons. The number of nitrogens with one attached hydrogen (secondary N) is 1. The van der Waals surface area contributed by atoms with Gasteiger partial charge in [-0.05, 0) is 35.7 Å². The first kappa shape index (κ1) is 19.2. The number of primary amides is 1. The summed E-state index contributed by atoms with van der Waals surface area (Å²) in [6, 6.07) is 5.43. The van der Waals surface area contributed by atoms with E-state index in [-0.39, 0.29) is 16.1 Å². The van der Waals surface area contributed by atoms with Crippen molar-refractivity contribution in [1.82, 2.24) is 0 Å². The molecule has 2 amide bonds. The number of nitrogens with two attached hydrogens (primary N) is 1. The van der Waals surface area contributed by atoms with Crippen LogP contribution in [0, 0.1) is 0 Å². The van der Waals surface area contributed by atoms with E-state index in [1.54, 1.807) is 5.38 Å². The summed E-state index contributed by atoms with van der Waals surface area (Å²) in [6.07, 6.45) is -4.84.